The number of aryl methyl sites for hydroxylation is 2. The van der Waals surface area contributed by atoms with E-state index in [0.717, 1.165) is 17.5 Å². The van der Waals surface area contributed by atoms with Gasteiger partial charge in [-0.2, -0.15) is 0 Å². The molecular weight excluding hydrogens is 510 g/mol. The van der Waals surface area contributed by atoms with E-state index in [1.54, 1.807) is 25.7 Å². The van der Waals surface area contributed by atoms with E-state index in [-0.39, 0.29) is 24.4 Å². The number of nitrogens with one attached hydrogen (secondary N) is 2. The summed E-state index contributed by atoms with van der Waals surface area (Å²) in [6, 6.07) is 3.44. The van der Waals surface area contributed by atoms with Crippen LogP contribution in [0.15, 0.2) is 18.2 Å². The number of carbonyl (C=O) groups excluding carboxylic acids is 4. The highest BCUT2D eigenvalue weighted by molar-refractivity contribution is 5.93. The average Bonchev–Trinajstić information content (AvgIpc) is 2.84. The summed E-state index contributed by atoms with van der Waals surface area (Å²) in [5.74, 6) is -1.33. The molecule has 0 aromatic heterocycles. The van der Waals surface area contributed by atoms with Crippen LogP contribution in [0.25, 0.3) is 0 Å². The molecule has 0 fully saturated rings. The number of amides is 3. The van der Waals surface area contributed by atoms with Crippen molar-refractivity contribution in [3.63, 3.8) is 0 Å². The van der Waals surface area contributed by atoms with Crippen molar-refractivity contribution in [2.45, 2.75) is 112 Å². The first-order valence-electron chi connectivity index (χ1n) is 14.2. The zero-order chi connectivity index (χ0) is 30.8. The fraction of sp³-hybridized carbons (Fsp3) is 0.677. The minimum atomic E-state index is -1.04. The molecule has 9 nitrogen and oxygen atoms in total. The third kappa shape index (κ3) is 11.2. The van der Waals surface area contributed by atoms with Gasteiger partial charge < -0.3 is 25.0 Å². The van der Waals surface area contributed by atoms with Gasteiger partial charge in [0, 0.05) is 6.04 Å². The summed E-state index contributed by atoms with van der Waals surface area (Å²) in [7, 11) is 1.25. The highest BCUT2D eigenvalue weighted by Crippen LogP contribution is 2.30. The molecule has 0 aliphatic carbocycles. The molecule has 0 heterocycles. The van der Waals surface area contributed by atoms with Crippen LogP contribution >= 0.6 is 0 Å². The van der Waals surface area contributed by atoms with Gasteiger partial charge in [-0.15, -0.1) is 0 Å². The van der Waals surface area contributed by atoms with Crippen LogP contribution in [0, 0.1) is 25.7 Å². The van der Waals surface area contributed by atoms with Gasteiger partial charge in [-0.3, -0.25) is 14.4 Å². The zero-order valence-electron chi connectivity index (χ0n) is 26.3. The fourth-order valence-corrected chi connectivity index (χ4v) is 4.52. The second-order valence-corrected chi connectivity index (χ2v) is 12.2. The monoisotopic (exact) mass is 561 g/mol. The number of hydrogen-bond donors (Lipinski definition) is 2. The van der Waals surface area contributed by atoms with E-state index in [9.17, 15) is 19.2 Å². The molecule has 1 rings (SSSR count). The molecule has 9 heteroatoms. The number of ether oxygens (including phenoxy) is 2. The van der Waals surface area contributed by atoms with Gasteiger partial charge in [-0.05, 0) is 71.8 Å². The Balaban J connectivity index is 3.72. The summed E-state index contributed by atoms with van der Waals surface area (Å²) in [5, 5.41) is 5.45. The second-order valence-electron chi connectivity index (χ2n) is 12.2. The largest absolute Gasteiger partial charge is 0.468 e. The Labute approximate surface area is 240 Å². The SMILES string of the molecule is CCC(C)C(NC(=O)OC(C)(C)C)C(=O)N(C(C)CCC(C)C)C(C(=O)NCC(=O)OC)c1cc(C)cc(C)c1. The average molecular weight is 562 g/mol. The molecule has 4 unspecified atom stereocenters. The molecule has 0 spiro atoms. The lowest BCUT2D eigenvalue weighted by Gasteiger charge is -2.40. The minimum Gasteiger partial charge on any atom is -0.468 e. The van der Waals surface area contributed by atoms with Gasteiger partial charge in [0.2, 0.25) is 11.8 Å². The number of nitrogens with zero attached hydrogens (tertiary/aromatic N) is 1. The maximum atomic E-state index is 14.5. The van der Waals surface area contributed by atoms with Crippen molar-refractivity contribution in [1.29, 1.82) is 0 Å². The van der Waals surface area contributed by atoms with Gasteiger partial charge in [0.05, 0.1) is 7.11 Å². The van der Waals surface area contributed by atoms with Crippen molar-refractivity contribution in [3.8, 4) is 0 Å². The van der Waals surface area contributed by atoms with Crippen LogP contribution in [0.2, 0.25) is 0 Å². The maximum Gasteiger partial charge on any atom is 0.408 e. The van der Waals surface area contributed by atoms with E-state index in [2.05, 4.69) is 24.5 Å². The third-order valence-corrected chi connectivity index (χ3v) is 6.76. The number of hydrogen-bond acceptors (Lipinski definition) is 6. The van der Waals surface area contributed by atoms with E-state index in [4.69, 9.17) is 9.47 Å². The first-order valence-corrected chi connectivity index (χ1v) is 14.2. The van der Waals surface area contributed by atoms with Crippen molar-refractivity contribution in [1.82, 2.24) is 15.5 Å². The minimum absolute atomic E-state index is 0.238. The quantitative estimate of drug-likeness (QED) is 0.319. The summed E-state index contributed by atoms with van der Waals surface area (Å²) in [6.45, 7) is 18.8. The number of carbonyl (C=O) groups is 4. The highest BCUT2D eigenvalue weighted by Gasteiger charge is 2.40. The topological polar surface area (TPSA) is 114 Å². The number of esters is 1. The molecule has 40 heavy (non-hydrogen) atoms. The maximum absolute atomic E-state index is 14.5. The molecule has 0 bridgehead atoms. The van der Waals surface area contributed by atoms with Crippen molar-refractivity contribution in [2.24, 2.45) is 11.8 Å². The predicted molar refractivity (Wildman–Crippen MR) is 157 cm³/mol. The highest BCUT2D eigenvalue weighted by atomic mass is 16.6. The summed E-state index contributed by atoms with van der Waals surface area (Å²) in [4.78, 5) is 54.6. The van der Waals surface area contributed by atoms with E-state index >= 15 is 0 Å². The Hall–Kier alpha value is -3.10. The Morgan fingerprint density at radius 2 is 1.52 bits per heavy atom. The predicted octanol–water partition coefficient (Wildman–Crippen LogP) is 5.23. The molecule has 0 aliphatic heterocycles. The van der Waals surface area contributed by atoms with Crippen molar-refractivity contribution in [2.75, 3.05) is 13.7 Å². The summed E-state index contributed by atoms with van der Waals surface area (Å²) < 4.78 is 10.2. The molecule has 1 aromatic rings. The van der Waals surface area contributed by atoms with Crippen molar-refractivity contribution < 1.29 is 28.7 Å². The number of rotatable bonds is 13. The molecule has 0 saturated carbocycles. The van der Waals surface area contributed by atoms with Crippen LogP contribution in [-0.4, -0.2) is 60.1 Å². The van der Waals surface area contributed by atoms with Crippen LogP contribution in [0.4, 0.5) is 4.79 Å². The first-order chi connectivity index (χ1) is 18.5. The van der Waals surface area contributed by atoms with E-state index in [1.165, 1.54) is 7.11 Å². The van der Waals surface area contributed by atoms with Gasteiger partial charge in [0.15, 0.2) is 0 Å². The second kappa shape index (κ2) is 15.6. The van der Waals surface area contributed by atoms with Crippen LogP contribution in [0.3, 0.4) is 0 Å². The van der Waals surface area contributed by atoms with Gasteiger partial charge in [0.25, 0.3) is 0 Å². The summed E-state index contributed by atoms with van der Waals surface area (Å²) in [6.07, 6.45) is 1.40. The number of methoxy groups -OCH3 is 1. The van der Waals surface area contributed by atoms with Crippen molar-refractivity contribution in [3.05, 3.63) is 34.9 Å². The van der Waals surface area contributed by atoms with Gasteiger partial charge in [0.1, 0.15) is 24.2 Å². The fourth-order valence-electron chi connectivity index (χ4n) is 4.52. The molecule has 226 valence electrons. The Kier molecular flexibility index (Phi) is 13.6. The number of benzene rings is 1. The van der Waals surface area contributed by atoms with Gasteiger partial charge in [-0.25, -0.2) is 4.79 Å². The van der Waals surface area contributed by atoms with E-state index < -0.39 is 35.7 Å². The molecule has 3 amide bonds. The zero-order valence-corrected chi connectivity index (χ0v) is 26.3. The number of alkyl carbamates (subject to hydrolysis) is 1. The lowest BCUT2D eigenvalue weighted by atomic mass is 9.92. The van der Waals surface area contributed by atoms with Crippen LogP contribution in [-0.2, 0) is 23.9 Å². The van der Waals surface area contributed by atoms with E-state index in [1.807, 2.05) is 52.8 Å². The van der Waals surface area contributed by atoms with Gasteiger partial charge in [-0.1, -0.05) is 63.4 Å². The summed E-state index contributed by atoms with van der Waals surface area (Å²) >= 11 is 0. The molecule has 1 aromatic carbocycles. The van der Waals surface area contributed by atoms with Gasteiger partial charge >= 0.3 is 12.1 Å². The van der Waals surface area contributed by atoms with Crippen LogP contribution in [0.1, 0.15) is 97.4 Å². The van der Waals surface area contributed by atoms with E-state index in [0.29, 0.717) is 24.3 Å². The molecule has 0 radical (unpaired) electrons. The lowest BCUT2D eigenvalue weighted by Crippen LogP contribution is -2.57. The van der Waals surface area contributed by atoms with Crippen LogP contribution in [0.5, 0.6) is 0 Å². The molecule has 4 atom stereocenters. The normalized spacial score (nSPS) is 14.5. The Bertz CT molecular complexity index is 997. The molecule has 0 aliphatic rings. The van der Waals surface area contributed by atoms with Crippen molar-refractivity contribution >= 4 is 23.9 Å². The lowest BCUT2D eigenvalue weighted by molar-refractivity contribution is -0.147. The Morgan fingerprint density at radius 3 is 2.00 bits per heavy atom. The first kappa shape index (κ1) is 34.9. The van der Waals surface area contributed by atoms with Crippen LogP contribution < -0.4 is 10.6 Å². The third-order valence-electron chi connectivity index (χ3n) is 6.76. The summed E-state index contributed by atoms with van der Waals surface area (Å²) in [5.41, 5.74) is 1.76. The molecular formula is C31H51N3O6. The molecule has 2 N–H and O–H groups in total. The molecule has 0 saturated heterocycles. The Morgan fingerprint density at radius 1 is 0.950 bits per heavy atom. The standard InChI is InChI=1S/C31H51N3O6/c1-12-22(6)26(33-30(38)40-31(8,9)10)29(37)34(23(7)14-13-19(2)3)27(28(36)32-18-25(35)39-11)24-16-20(4)15-21(5)17-24/h15-17,19,22-23,26-27H,12-14,18H2,1-11H3,(H,32,36)(H,33,38). The smallest absolute Gasteiger partial charge is 0.408 e.